The monoisotopic (exact) mass is 269 g/mol. The molecule has 102 valence electrons. The molecular weight excluding hydrogens is 246 g/mol. The van der Waals surface area contributed by atoms with E-state index < -0.39 is 0 Å². The Kier molecular flexibility index (Phi) is 6.41. The molecule has 0 spiro atoms. The molecule has 0 saturated heterocycles. The van der Waals surface area contributed by atoms with Gasteiger partial charge in [-0.15, -0.1) is 11.6 Å². The van der Waals surface area contributed by atoms with Gasteiger partial charge in [-0.05, 0) is 26.2 Å². The summed E-state index contributed by atoms with van der Waals surface area (Å²) in [6, 6.07) is 2.60. The maximum Gasteiger partial charge on any atom is 0.132 e. The molecule has 1 aromatic heterocycles. The van der Waals surface area contributed by atoms with Crippen molar-refractivity contribution >= 4 is 17.4 Å². The van der Waals surface area contributed by atoms with E-state index in [1.807, 2.05) is 6.92 Å². The van der Waals surface area contributed by atoms with E-state index in [-0.39, 0.29) is 0 Å². The van der Waals surface area contributed by atoms with Gasteiger partial charge in [-0.2, -0.15) is 0 Å². The standard InChI is InChI=1S/C14H24ClN3/c1-5-12-10-14(17-11(4)16-12)18(9-8-15)13(6-2)7-3/h10,13H,5-9H2,1-4H3. The quantitative estimate of drug-likeness (QED) is 0.709. The van der Waals surface area contributed by atoms with Crippen LogP contribution in [0.1, 0.15) is 45.1 Å². The van der Waals surface area contributed by atoms with E-state index in [9.17, 15) is 0 Å². The highest BCUT2D eigenvalue weighted by Crippen LogP contribution is 2.19. The minimum Gasteiger partial charge on any atom is -0.352 e. The molecule has 3 nitrogen and oxygen atoms in total. The Morgan fingerprint density at radius 3 is 2.39 bits per heavy atom. The number of hydrogen-bond donors (Lipinski definition) is 0. The van der Waals surface area contributed by atoms with E-state index in [2.05, 4.69) is 41.7 Å². The smallest absolute Gasteiger partial charge is 0.132 e. The van der Waals surface area contributed by atoms with Crippen LogP contribution in [0.2, 0.25) is 0 Å². The van der Waals surface area contributed by atoms with Crippen molar-refractivity contribution in [1.29, 1.82) is 0 Å². The van der Waals surface area contributed by atoms with Gasteiger partial charge in [-0.1, -0.05) is 20.8 Å². The van der Waals surface area contributed by atoms with Crippen molar-refractivity contribution in [2.75, 3.05) is 17.3 Å². The van der Waals surface area contributed by atoms with Crippen LogP contribution in [-0.4, -0.2) is 28.4 Å². The zero-order valence-corrected chi connectivity index (χ0v) is 12.7. The lowest BCUT2D eigenvalue weighted by Gasteiger charge is -2.31. The summed E-state index contributed by atoms with van der Waals surface area (Å²) in [4.78, 5) is 11.3. The van der Waals surface area contributed by atoms with Gasteiger partial charge in [0.1, 0.15) is 11.6 Å². The lowest BCUT2D eigenvalue weighted by molar-refractivity contribution is 0.561. The Hall–Kier alpha value is -0.830. The molecule has 0 amide bonds. The number of rotatable bonds is 7. The van der Waals surface area contributed by atoms with Gasteiger partial charge in [-0.3, -0.25) is 0 Å². The molecule has 1 heterocycles. The highest BCUT2D eigenvalue weighted by molar-refractivity contribution is 6.18. The first-order valence-electron chi connectivity index (χ1n) is 6.83. The number of anilines is 1. The van der Waals surface area contributed by atoms with E-state index in [0.29, 0.717) is 11.9 Å². The highest BCUT2D eigenvalue weighted by atomic mass is 35.5. The van der Waals surface area contributed by atoms with Crippen molar-refractivity contribution < 1.29 is 0 Å². The molecular formula is C14H24ClN3. The van der Waals surface area contributed by atoms with Crippen LogP contribution < -0.4 is 4.90 Å². The third-order valence-corrected chi connectivity index (χ3v) is 3.41. The van der Waals surface area contributed by atoms with Gasteiger partial charge in [0.05, 0.1) is 0 Å². The van der Waals surface area contributed by atoms with E-state index in [1.165, 1.54) is 0 Å². The van der Waals surface area contributed by atoms with Crippen LogP contribution in [0.5, 0.6) is 0 Å². The second kappa shape index (κ2) is 7.57. The van der Waals surface area contributed by atoms with E-state index in [4.69, 9.17) is 11.6 Å². The summed E-state index contributed by atoms with van der Waals surface area (Å²) in [7, 11) is 0. The summed E-state index contributed by atoms with van der Waals surface area (Å²) in [6.07, 6.45) is 3.16. The zero-order chi connectivity index (χ0) is 13.5. The van der Waals surface area contributed by atoms with Gasteiger partial charge in [-0.25, -0.2) is 9.97 Å². The van der Waals surface area contributed by atoms with Crippen molar-refractivity contribution in [1.82, 2.24) is 9.97 Å². The molecule has 1 aromatic rings. The highest BCUT2D eigenvalue weighted by Gasteiger charge is 2.17. The molecule has 0 unspecified atom stereocenters. The van der Waals surface area contributed by atoms with Crippen molar-refractivity contribution in [2.45, 2.75) is 53.0 Å². The predicted octanol–water partition coefficient (Wildman–Crippen LogP) is 3.58. The maximum absolute atomic E-state index is 5.93. The summed E-state index contributed by atoms with van der Waals surface area (Å²) in [6.45, 7) is 9.34. The Morgan fingerprint density at radius 1 is 1.22 bits per heavy atom. The third-order valence-electron chi connectivity index (χ3n) is 3.24. The predicted molar refractivity (Wildman–Crippen MR) is 78.6 cm³/mol. The van der Waals surface area contributed by atoms with Crippen LogP contribution in [0.15, 0.2) is 6.07 Å². The van der Waals surface area contributed by atoms with Gasteiger partial charge >= 0.3 is 0 Å². The fraction of sp³-hybridized carbons (Fsp3) is 0.714. The second-order valence-corrected chi connectivity index (χ2v) is 4.85. The summed E-state index contributed by atoms with van der Waals surface area (Å²) >= 11 is 5.93. The SMILES string of the molecule is CCc1cc(N(CCCl)C(CC)CC)nc(C)n1. The molecule has 0 aliphatic heterocycles. The zero-order valence-electron chi connectivity index (χ0n) is 11.9. The number of hydrogen-bond acceptors (Lipinski definition) is 3. The molecule has 0 N–H and O–H groups in total. The van der Waals surface area contributed by atoms with Crippen LogP contribution in [0, 0.1) is 6.92 Å². The summed E-state index contributed by atoms with van der Waals surface area (Å²) in [5.41, 5.74) is 1.10. The van der Waals surface area contributed by atoms with Gasteiger partial charge in [0.2, 0.25) is 0 Å². The molecule has 0 atom stereocenters. The first-order chi connectivity index (χ1) is 8.65. The Bertz CT molecular complexity index is 364. The Morgan fingerprint density at radius 2 is 1.89 bits per heavy atom. The van der Waals surface area contributed by atoms with Crippen molar-refractivity contribution in [2.24, 2.45) is 0 Å². The Balaban J connectivity index is 3.07. The lowest BCUT2D eigenvalue weighted by atomic mass is 10.1. The van der Waals surface area contributed by atoms with Crippen LogP contribution >= 0.6 is 11.6 Å². The van der Waals surface area contributed by atoms with Crippen molar-refractivity contribution in [3.8, 4) is 0 Å². The molecule has 1 rings (SSSR count). The molecule has 0 radical (unpaired) electrons. The van der Waals surface area contributed by atoms with Crippen molar-refractivity contribution in [3.05, 3.63) is 17.6 Å². The Labute approximate surface area is 116 Å². The summed E-state index contributed by atoms with van der Waals surface area (Å²) in [5, 5.41) is 0. The summed E-state index contributed by atoms with van der Waals surface area (Å²) < 4.78 is 0. The van der Waals surface area contributed by atoms with E-state index >= 15 is 0 Å². The van der Waals surface area contributed by atoms with Crippen LogP contribution in [0.25, 0.3) is 0 Å². The molecule has 4 heteroatoms. The molecule has 0 aliphatic carbocycles. The molecule has 18 heavy (non-hydrogen) atoms. The van der Waals surface area contributed by atoms with Crippen molar-refractivity contribution in [3.63, 3.8) is 0 Å². The first kappa shape index (κ1) is 15.2. The van der Waals surface area contributed by atoms with Gasteiger partial charge < -0.3 is 4.90 Å². The van der Waals surface area contributed by atoms with Gasteiger partial charge in [0, 0.05) is 30.2 Å². The molecule has 0 bridgehead atoms. The number of halogens is 1. The summed E-state index contributed by atoms with van der Waals surface area (Å²) in [5.74, 6) is 2.49. The average Bonchev–Trinajstić information content (AvgIpc) is 2.38. The maximum atomic E-state index is 5.93. The number of aromatic nitrogens is 2. The van der Waals surface area contributed by atoms with Crippen LogP contribution in [0.4, 0.5) is 5.82 Å². The lowest BCUT2D eigenvalue weighted by Crippen LogP contribution is -2.37. The number of nitrogens with zero attached hydrogens (tertiary/aromatic N) is 3. The molecule has 0 saturated carbocycles. The second-order valence-electron chi connectivity index (χ2n) is 4.47. The average molecular weight is 270 g/mol. The topological polar surface area (TPSA) is 29.0 Å². The van der Waals surface area contributed by atoms with E-state index in [1.54, 1.807) is 0 Å². The van der Waals surface area contributed by atoms with Gasteiger partial charge in [0.15, 0.2) is 0 Å². The van der Waals surface area contributed by atoms with Gasteiger partial charge in [0.25, 0.3) is 0 Å². The minimum atomic E-state index is 0.503. The molecule has 0 fully saturated rings. The normalized spacial score (nSPS) is 11.0. The fourth-order valence-electron chi connectivity index (χ4n) is 2.25. The number of aryl methyl sites for hydroxylation is 2. The fourth-order valence-corrected chi connectivity index (χ4v) is 2.43. The minimum absolute atomic E-state index is 0.503. The number of alkyl halides is 1. The third kappa shape index (κ3) is 3.84. The largest absolute Gasteiger partial charge is 0.352 e. The van der Waals surface area contributed by atoms with Crippen LogP contribution in [-0.2, 0) is 6.42 Å². The molecule has 0 aliphatic rings. The first-order valence-corrected chi connectivity index (χ1v) is 7.36. The van der Waals surface area contributed by atoms with Crippen LogP contribution in [0.3, 0.4) is 0 Å². The van der Waals surface area contributed by atoms with E-state index in [0.717, 1.165) is 43.1 Å². The molecule has 0 aromatic carbocycles.